The van der Waals surface area contributed by atoms with Gasteiger partial charge in [0.1, 0.15) is 0 Å². The van der Waals surface area contributed by atoms with Gasteiger partial charge >= 0.3 is 0 Å². The molecule has 0 aliphatic carbocycles. The normalized spacial score (nSPS) is 10.1. The summed E-state index contributed by atoms with van der Waals surface area (Å²) in [4.78, 5) is 0. The van der Waals surface area contributed by atoms with Crippen LogP contribution in [0.1, 0.15) is 18.9 Å². The zero-order chi connectivity index (χ0) is 8.65. The Hall–Kier alpha value is -0.0800. The van der Waals surface area contributed by atoms with Crippen molar-refractivity contribution in [1.29, 1.82) is 0 Å². The minimum atomic E-state index is 1.13. The molecule has 0 nitrogen and oxygen atoms in total. The molecule has 0 atom stereocenters. The summed E-state index contributed by atoms with van der Waals surface area (Å²) in [6.45, 7) is 2.22. The van der Waals surface area contributed by atoms with Gasteiger partial charge in [0.25, 0.3) is 0 Å². The second-order valence-electron chi connectivity index (χ2n) is 2.57. The van der Waals surface area contributed by atoms with Crippen molar-refractivity contribution in [2.45, 2.75) is 19.1 Å². The van der Waals surface area contributed by atoms with Crippen molar-refractivity contribution in [3.05, 3.63) is 35.9 Å². The summed E-state index contributed by atoms with van der Waals surface area (Å²) in [6.07, 6.45) is 1.27. The molecular weight excluding hydrogens is 184 g/mol. The molecule has 0 saturated heterocycles. The molecule has 1 aromatic rings. The molecule has 66 valence electrons. The van der Waals surface area contributed by atoms with Gasteiger partial charge in [-0.2, -0.15) is 0 Å². The van der Waals surface area contributed by atoms with Gasteiger partial charge in [0.2, 0.25) is 0 Å². The molecule has 0 spiro atoms. The first kappa shape index (κ1) is 10.0. The van der Waals surface area contributed by atoms with Gasteiger partial charge in [-0.05, 0) is 12.0 Å². The van der Waals surface area contributed by atoms with E-state index < -0.39 is 0 Å². The van der Waals surface area contributed by atoms with Crippen LogP contribution in [0.5, 0.6) is 0 Å². The maximum absolute atomic E-state index is 2.22. The van der Waals surface area contributed by atoms with Crippen molar-refractivity contribution < 1.29 is 0 Å². The summed E-state index contributed by atoms with van der Waals surface area (Å²) in [5, 5.41) is 0. The summed E-state index contributed by atoms with van der Waals surface area (Å²) in [5.41, 5.74) is 1.42. The molecular formula is C10H14S2. The van der Waals surface area contributed by atoms with Crippen LogP contribution in [0, 0.1) is 0 Å². The largest absolute Gasteiger partial charge is 0.0938 e. The first-order valence-corrected chi connectivity index (χ1v) is 6.70. The van der Waals surface area contributed by atoms with E-state index in [0.717, 1.165) is 5.75 Å². The van der Waals surface area contributed by atoms with Crippen LogP contribution in [0.4, 0.5) is 0 Å². The Bertz CT molecular complexity index is 196. The predicted molar refractivity (Wildman–Crippen MR) is 60.5 cm³/mol. The van der Waals surface area contributed by atoms with E-state index in [1.165, 1.54) is 17.7 Å². The smallest absolute Gasteiger partial charge is 0.0288 e. The van der Waals surface area contributed by atoms with Gasteiger partial charge in [-0.1, -0.05) is 58.8 Å². The van der Waals surface area contributed by atoms with E-state index in [1.807, 2.05) is 21.6 Å². The summed E-state index contributed by atoms with van der Waals surface area (Å²) in [6, 6.07) is 10.6. The Morgan fingerprint density at radius 3 is 2.50 bits per heavy atom. The average molecular weight is 198 g/mol. The van der Waals surface area contributed by atoms with Crippen LogP contribution in [0.2, 0.25) is 0 Å². The number of rotatable bonds is 5. The third-order valence-corrected chi connectivity index (χ3v) is 3.99. The molecule has 1 rings (SSSR count). The third kappa shape index (κ3) is 4.07. The van der Waals surface area contributed by atoms with Crippen LogP contribution in [-0.4, -0.2) is 5.75 Å². The second-order valence-corrected chi connectivity index (χ2v) is 5.15. The minimum absolute atomic E-state index is 1.13. The topological polar surface area (TPSA) is 0 Å². The fraction of sp³-hybridized carbons (Fsp3) is 0.400. The van der Waals surface area contributed by atoms with Crippen molar-refractivity contribution in [1.82, 2.24) is 0 Å². The van der Waals surface area contributed by atoms with E-state index in [9.17, 15) is 0 Å². The van der Waals surface area contributed by atoms with Crippen molar-refractivity contribution >= 4 is 21.6 Å². The molecule has 0 bridgehead atoms. The van der Waals surface area contributed by atoms with E-state index in [0.29, 0.717) is 0 Å². The zero-order valence-electron chi connectivity index (χ0n) is 7.32. The summed E-state index contributed by atoms with van der Waals surface area (Å²) in [5.74, 6) is 2.39. The Morgan fingerprint density at radius 1 is 1.08 bits per heavy atom. The van der Waals surface area contributed by atoms with E-state index in [2.05, 4.69) is 37.3 Å². The molecule has 0 saturated carbocycles. The van der Waals surface area contributed by atoms with Crippen LogP contribution in [0.25, 0.3) is 0 Å². The number of hydrogen-bond donors (Lipinski definition) is 0. The van der Waals surface area contributed by atoms with E-state index in [1.54, 1.807) is 0 Å². The lowest BCUT2D eigenvalue weighted by atomic mass is 10.2. The highest BCUT2D eigenvalue weighted by atomic mass is 33.1. The highest BCUT2D eigenvalue weighted by molar-refractivity contribution is 8.76. The molecule has 0 heterocycles. The highest BCUT2D eigenvalue weighted by Crippen LogP contribution is 2.25. The monoisotopic (exact) mass is 198 g/mol. The van der Waals surface area contributed by atoms with Gasteiger partial charge in [-0.3, -0.25) is 0 Å². The van der Waals surface area contributed by atoms with E-state index >= 15 is 0 Å². The van der Waals surface area contributed by atoms with E-state index in [4.69, 9.17) is 0 Å². The molecule has 0 aliphatic heterocycles. The first-order chi connectivity index (χ1) is 5.93. The van der Waals surface area contributed by atoms with Gasteiger partial charge in [-0.25, -0.2) is 0 Å². The van der Waals surface area contributed by atoms with Gasteiger partial charge in [0.15, 0.2) is 0 Å². The van der Waals surface area contributed by atoms with Crippen LogP contribution in [-0.2, 0) is 5.75 Å². The lowest BCUT2D eigenvalue weighted by Gasteiger charge is -1.98. The lowest BCUT2D eigenvalue weighted by molar-refractivity contribution is 1.11. The van der Waals surface area contributed by atoms with Crippen LogP contribution in [0.3, 0.4) is 0 Å². The van der Waals surface area contributed by atoms with E-state index in [-0.39, 0.29) is 0 Å². The summed E-state index contributed by atoms with van der Waals surface area (Å²) >= 11 is 0. The Balaban J connectivity index is 2.16. The molecule has 1 aromatic carbocycles. The maximum Gasteiger partial charge on any atom is 0.0288 e. The Kier molecular flexibility index (Phi) is 5.37. The van der Waals surface area contributed by atoms with Gasteiger partial charge < -0.3 is 0 Å². The van der Waals surface area contributed by atoms with Crippen molar-refractivity contribution in [3.63, 3.8) is 0 Å². The van der Waals surface area contributed by atoms with Crippen LogP contribution in [0.15, 0.2) is 30.3 Å². The summed E-state index contributed by atoms with van der Waals surface area (Å²) in [7, 11) is 3.91. The molecule has 2 heteroatoms. The van der Waals surface area contributed by atoms with Crippen LogP contribution < -0.4 is 0 Å². The lowest BCUT2D eigenvalue weighted by Crippen LogP contribution is -1.76. The standard InChI is InChI=1S/C10H14S2/c1-2-8-11-12-9-10-6-4-3-5-7-10/h3-7H,2,8-9H2,1H3. The highest BCUT2D eigenvalue weighted by Gasteiger charge is 1.91. The van der Waals surface area contributed by atoms with Gasteiger partial charge in [0.05, 0.1) is 0 Å². The van der Waals surface area contributed by atoms with Gasteiger partial charge in [0, 0.05) is 11.5 Å². The first-order valence-electron chi connectivity index (χ1n) is 4.22. The zero-order valence-corrected chi connectivity index (χ0v) is 8.96. The van der Waals surface area contributed by atoms with Crippen LogP contribution >= 0.6 is 21.6 Å². The molecule has 0 unspecified atom stereocenters. The summed E-state index contributed by atoms with van der Waals surface area (Å²) < 4.78 is 0. The number of hydrogen-bond acceptors (Lipinski definition) is 2. The fourth-order valence-electron chi connectivity index (χ4n) is 0.826. The fourth-order valence-corrected chi connectivity index (χ4v) is 3.03. The molecule has 12 heavy (non-hydrogen) atoms. The molecule has 0 amide bonds. The third-order valence-electron chi connectivity index (χ3n) is 1.44. The van der Waals surface area contributed by atoms with Crippen molar-refractivity contribution in [2.24, 2.45) is 0 Å². The van der Waals surface area contributed by atoms with Crippen molar-refractivity contribution in [3.8, 4) is 0 Å². The Morgan fingerprint density at radius 2 is 1.83 bits per heavy atom. The maximum atomic E-state index is 2.22. The second kappa shape index (κ2) is 6.44. The number of benzene rings is 1. The predicted octanol–water partition coefficient (Wildman–Crippen LogP) is 3.98. The average Bonchev–Trinajstić information content (AvgIpc) is 2.14. The molecule has 0 aliphatic rings. The molecule has 0 radical (unpaired) electrons. The molecule has 0 aromatic heterocycles. The minimum Gasteiger partial charge on any atom is -0.0938 e. The quantitative estimate of drug-likeness (QED) is 0.518. The SMILES string of the molecule is CCCSSCc1ccccc1. The van der Waals surface area contributed by atoms with Gasteiger partial charge in [-0.15, -0.1) is 0 Å². The molecule has 0 N–H and O–H groups in total. The Labute approximate surface area is 82.5 Å². The molecule has 0 fully saturated rings. The van der Waals surface area contributed by atoms with Crippen molar-refractivity contribution in [2.75, 3.05) is 5.75 Å².